The van der Waals surface area contributed by atoms with Gasteiger partial charge in [0.1, 0.15) is 12.2 Å². The fourth-order valence-corrected chi connectivity index (χ4v) is 2.88. The van der Waals surface area contributed by atoms with Crippen LogP contribution in [0.5, 0.6) is 0 Å². The van der Waals surface area contributed by atoms with Gasteiger partial charge in [-0.1, -0.05) is 12.8 Å². The molecule has 1 aromatic heterocycles. The first-order valence-corrected chi connectivity index (χ1v) is 6.15. The van der Waals surface area contributed by atoms with E-state index in [9.17, 15) is 5.11 Å². The van der Waals surface area contributed by atoms with Crippen molar-refractivity contribution in [1.82, 2.24) is 20.1 Å². The third-order valence-electron chi connectivity index (χ3n) is 3.74. The standard InChI is InChI=1S/C11H18N4O/c16-9-5-10(12-6-9)11-14-13-7-15(11)8-3-1-2-4-8/h7-10,12,16H,1-6H2/t9-,10+/m1/s1. The molecule has 5 nitrogen and oxygen atoms in total. The van der Waals surface area contributed by atoms with E-state index in [4.69, 9.17) is 0 Å². The maximum atomic E-state index is 9.53. The highest BCUT2D eigenvalue weighted by atomic mass is 16.3. The second-order valence-electron chi connectivity index (χ2n) is 4.89. The normalized spacial score (nSPS) is 31.3. The molecule has 0 radical (unpaired) electrons. The molecule has 5 heteroatoms. The van der Waals surface area contributed by atoms with Crippen LogP contribution in [-0.4, -0.2) is 32.5 Å². The van der Waals surface area contributed by atoms with Gasteiger partial charge in [0.15, 0.2) is 0 Å². The number of aromatic nitrogens is 3. The van der Waals surface area contributed by atoms with Crippen molar-refractivity contribution in [3.63, 3.8) is 0 Å². The van der Waals surface area contributed by atoms with Crippen LogP contribution in [0.25, 0.3) is 0 Å². The molecule has 2 fully saturated rings. The summed E-state index contributed by atoms with van der Waals surface area (Å²) in [6, 6.07) is 0.752. The number of aliphatic hydroxyl groups excluding tert-OH is 1. The Kier molecular flexibility index (Phi) is 2.65. The average Bonchev–Trinajstić information content (AvgIpc) is 2.96. The van der Waals surface area contributed by atoms with Crippen LogP contribution in [0.1, 0.15) is 50.0 Å². The smallest absolute Gasteiger partial charge is 0.150 e. The average molecular weight is 222 g/mol. The predicted octanol–water partition coefficient (Wildman–Crippen LogP) is 0.788. The number of hydrogen-bond acceptors (Lipinski definition) is 4. The van der Waals surface area contributed by atoms with E-state index in [1.807, 2.05) is 6.33 Å². The maximum absolute atomic E-state index is 9.53. The topological polar surface area (TPSA) is 63.0 Å². The summed E-state index contributed by atoms with van der Waals surface area (Å²) in [6.45, 7) is 0.669. The molecular formula is C11H18N4O. The second-order valence-corrected chi connectivity index (χ2v) is 4.89. The van der Waals surface area contributed by atoms with Gasteiger partial charge in [0.2, 0.25) is 0 Å². The zero-order valence-electron chi connectivity index (χ0n) is 9.34. The zero-order chi connectivity index (χ0) is 11.0. The van der Waals surface area contributed by atoms with Gasteiger partial charge in [-0.05, 0) is 19.3 Å². The van der Waals surface area contributed by atoms with Crippen LogP contribution < -0.4 is 5.32 Å². The van der Waals surface area contributed by atoms with Gasteiger partial charge in [0.05, 0.1) is 12.1 Å². The van der Waals surface area contributed by atoms with Crippen molar-refractivity contribution in [2.45, 2.75) is 50.3 Å². The van der Waals surface area contributed by atoms with Crippen LogP contribution in [0.4, 0.5) is 0 Å². The van der Waals surface area contributed by atoms with Gasteiger partial charge in [-0.2, -0.15) is 0 Å². The summed E-state index contributed by atoms with van der Waals surface area (Å²) >= 11 is 0. The molecule has 0 spiro atoms. The molecule has 2 aliphatic rings. The second kappa shape index (κ2) is 4.14. The molecule has 1 saturated heterocycles. The maximum Gasteiger partial charge on any atom is 0.150 e. The molecule has 1 aromatic rings. The van der Waals surface area contributed by atoms with Gasteiger partial charge < -0.3 is 15.0 Å². The lowest BCUT2D eigenvalue weighted by Gasteiger charge is -2.17. The zero-order valence-corrected chi connectivity index (χ0v) is 9.34. The van der Waals surface area contributed by atoms with Crippen LogP contribution in [0.15, 0.2) is 6.33 Å². The summed E-state index contributed by atoms with van der Waals surface area (Å²) in [6.07, 6.45) is 7.45. The summed E-state index contributed by atoms with van der Waals surface area (Å²) in [5.41, 5.74) is 0. The van der Waals surface area contributed by atoms with E-state index in [2.05, 4.69) is 20.1 Å². The molecule has 3 rings (SSSR count). The Balaban J connectivity index is 1.81. The summed E-state index contributed by atoms with van der Waals surface area (Å²) in [5, 5.41) is 21.1. The number of nitrogens with one attached hydrogen (secondary N) is 1. The Morgan fingerprint density at radius 2 is 2.19 bits per heavy atom. The fourth-order valence-electron chi connectivity index (χ4n) is 2.88. The molecule has 0 unspecified atom stereocenters. The number of aliphatic hydroxyl groups is 1. The fraction of sp³-hybridized carbons (Fsp3) is 0.818. The van der Waals surface area contributed by atoms with Gasteiger partial charge in [-0.25, -0.2) is 0 Å². The molecule has 16 heavy (non-hydrogen) atoms. The summed E-state index contributed by atoms with van der Waals surface area (Å²) in [7, 11) is 0. The number of rotatable bonds is 2. The molecule has 2 N–H and O–H groups in total. The van der Waals surface area contributed by atoms with E-state index in [0.717, 1.165) is 12.2 Å². The quantitative estimate of drug-likeness (QED) is 0.776. The molecule has 0 bridgehead atoms. The van der Waals surface area contributed by atoms with Crippen molar-refractivity contribution in [3.8, 4) is 0 Å². The van der Waals surface area contributed by atoms with E-state index >= 15 is 0 Å². The first kappa shape index (κ1) is 10.2. The highest BCUT2D eigenvalue weighted by Crippen LogP contribution is 2.32. The Morgan fingerprint density at radius 3 is 2.88 bits per heavy atom. The van der Waals surface area contributed by atoms with Crippen LogP contribution in [0, 0.1) is 0 Å². The van der Waals surface area contributed by atoms with Crippen molar-refractivity contribution in [2.75, 3.05) is 6.54 Å². The van der Waals surface area contributed by atoms with Gasteiger partial charge in [0, 0.05) is 12.6 Å². The Bertz CT molecular complexity index is 359. The summed E-state index contributed by atoms with van der Waals surface area (Å²) < 4.78 is 2.21. The Morgan fingerprint density at radius 1 is 1.38 bits per heavy atom. The number of nitrogens with zero attached hydrogens (tertiary/aromatic N) is 3. The molecule has 1 aliphatic heterocycles. The van der Waals surface area contributed by atoms with Crippen LogP contribution >= 0.6 is 0 Å². The highest BCUT2D eigenvalue weighted by Gasteiger charge is 2.29. The Labute approximate surface area is 94.9 Å². The minimum absolute atomic E-state index is 0.179. The summed E-state index contributed by atoms with van der Waals surface area (Å²) in [5.74, 6) is 1.00. The molecule has 88 valence electrons. The first-order chi connectivity index (χ1) is 7.84. The monoisotopic (exact) mass is 222 g/mol. The number of β-amino-alcohol motifs (C(OH)–C–C–N with tert-alkyl or cyclic N) is 1. The molecule has 0 aromatic carbocycles. The van der Waals surface area contributed by atoms with Crippen LogP contribution in [0.2, 0.25) is 0 Å². The van der Waals surface area contributed by atoms with Crippen LogP contribution in [-0.2, 0) is 0 Å². The van der Waals surface area contributed by atoms with E-state index in [1.165, 1.54) is 25.7 Å². The Hall–Kier alpha value is -0.940. The SMILES string of the molecule is O[C@H]1CN[C@H](c2nncn2C2CCCC2)C1. The van der Waals surface area contributed by atoms with Crippen molar-refractivity contribution in [3.05, 3.63) is 12.2 Å². The van der Waals surface area contributed by atoms with Gasteiger partial charge >= 0.3 is 0 Å². The minimum Gasteiger partial charge on any atom is -0.392 e. The van der Waals surface area contributed by atoms with Crippen molar-refractivity contribution in [1.29, 1.82) is 0 Å². The van der Waals surface area contributed by atoms with Gasteiger partial charge in [-0.15, -0.1) is 10.2 Å². The first-order valence-electron chi connectivity index (χ1n) is 6.15. The van der Waals surface area contributed by atoms with Crippen molar-refractivity contribution >= 4 is 0 Å². The third-order valence-corrected chi connectivity index (χ3v) is 3.74. The van der Waals surface area contributed by atoms with E-state index < -0.39 is 0 Å². The lowest BCUT2D eigenvalue weighted by molar-refractivity contribution is 0.192. The predicted molar refractivity (Wildman–Crippen MR) is 58.9 cm³/mol. The van der Waals surface area contributed by atoms with Gasteiger partial charge in [-0.3, -0.25) is 0 Å². The largest absolute Gasteiger partial charge is 0.392 e. The molecule has 2 atom stereocenters. The summed E-state index contributed by atoms with van der Waals surface area (Å²) in [4.78, 5) is 0. The molecular weight excluding hydrogens is 204 g/mol. The molecule has 2 heterocycles. The lowest BCUT2D eigenvalue weighted by atomic mass is 10.1. The lowest BCUT2D eigenvalue weighted by Crippen LogP contribution is -2.20. The van der Waals surface area contributed by atoms with Gasteiger partial charge in [0.25, 0.3) is 0 Å². The van der Waals surface area contributed by atoms with E-state index in [-0.39, 0.29) is 12.1 Å². The molecule has 1 aliphatic carbocycles. The van der Waals surface area contributed by atoms with E-state index in [0.29, 0.717) is 12.6 Å². The van der Waals surface area contributed by atoms with E-state index in [1.54, 1.807) is 0 Å². The molecule has 1 saturated carbocycles. The number of hydrogen-bond donors (Lipinski definition) is 2. The minimum atomic E-state index is -0.237. The molecule has 0 amide bonds. The van der Waals surface area contributed by atoms with Crippen LogP contribution in [0.3, 0.4) is 0 Å². The van der Waals surface area contributed by atoms with Crippen molar-refractivity contribution in [2.24, 2.45) is 0 Å². The van der Waals surface area contributed by atoms with Crippen molar-refractivity contribution < 1.29 is 5.11 Å². The third kappa shape index (κ3) is 1.74. The highest BCUT2D eigenvalue weighted by molar-refractivity contribution is 5.02.